The number of anilines is 1. The maximum atomic E-state index is 5.98. The number of nitrogens with two attached hydrogens (primary N) is 1. The third-order valence-corrected chi connectivity index (χ3v) is 3.61. The van der Waals surface area contributed by atoms with E-state index >= 15 is 0 Å². The molecule has 1 unspecified atom stereocenters. The first-order valence-corrected chi connectivity index (χ1v) is 6.49. The van der Waals surface area contributed by atoms with Crippen LogP contribution in [0.3, 0.4) is 0 Å². The molecular formula is C13H14ClN3O2. The number of hydrogen-bond donors (Lipinski definition) is 1. The predicted molar refractivity (Wildman–Crippen MR) is 71.6 cm³/mol. The molecule has 19 heavy (non-hydrogen) atoms. The third-order valence-electron chi connectivity index (χ3n) is 3.28. The number of halogens is 1. The Morgan fingerprint density at radius 2 is 2.26 bits per heavy atom. The number of ether oxygens (including phenoxy) is 1. The molecule has 3 rings (SSSR count). The minimum Gasteiger partial charge on any atom is -0.397 e. The van der Waals surface area contributed by atoms with E-state index < -0.39 is 0 Å². The van der Waals surface area contributed by atoms with Crippen molar-refractivity contribution < 1.29 is 9.26 Å². The van der Waals surface area contributed by atoms with E-state index in [0.29, 0.717) is 33.9 Å². The van der Waals surface area contributed by atoms with Gasteiger partial charge in [-0.3, -0.25) is 0 Å². The van der Waals surface area contributed by atoms with Gasteiger partial charge in [-0.1, -0.05) is 22.8 Å². The van der Waals surface area contributed by atoms with Gasteiger partial charge in [0.05, 0.1) is 16.3 Å². The normalized spacial score (nSPS) is 16.5. The molecule has 0 spiro atoms. The lowest BCUT2D eigenvalue weighted by molar-refractivity contribution is 0.0751. The monoisotopic (exact) mass is 279 g/mol. The Balaban J connectivity index is 1.94. The van der Waals surface area contributed by atoms with Crippen LogP contribution in [0.25, 0.3) is 11.5 Å². The average molecular weight is 280 g/mol. The van der Waals surface area contributed by atoms with E-state index in [0.717, 1.165) is 12.8 Å². The fourth-order valence-corrected chi connectivity index (χ4v) is 2.27. The molecule has 0 saturated heterocycles. The van der Waals surface area contributed by atoms with E-state index in [9.17, 15) is 0 Å². The molecule has 1 aliphatic rings. The molecule has 1 aromatic carbocycles. The maximum Gasteiger partial charge on any atom is 0.260 e. The van der Waals surface area contributed by atoms with Gasteiger partial charge in [0.2, 0.25) is 5.82 Å². The van der Waals surface area contributed by atoms with Crippen LogP contribution in [0.1, 0.15) is 24.8 Å². The van der Waals surface area contributed by atoms with E-state index in [1.165, 1.54) is 0 Å². The minimum atomic E-state index is -0.0992. The first kappa shape index (κ1) is 12.4. The van der Waals surface area contributed by atoms with Gasteiger partial charge in [-0.25, -0.2) is 0 Å². The van der Waals surface area contributed by atoms with Crippen LogP contribution in [0, 0.1) is 5.92 Å². The number of benzene rings is 1. The summed E-state index contributed by atoms with van der Waals surface area (Å²) in [5.41, 5.74) is 7.01. The molecule has 5 nitrogen and oxygen atoms in total. The molecule has 1 atom stereocenters. The van der Waals surface area contributed by atoms with Gasteiger partial charge in [0.1, 0.15) is 6.10 Å². The van der Waals surface area contributed by atoms with Crippen molar-refractivity contribution in [3.05, 3.63) is 29.0 Å². The summed E-state index contributed by atoms with van der Waals surface area (Å²) in [7, 11) is 1.66. The molecule has 2 aromatic rings. The predicted octanol–water partition coefficient (Wildman–Crippen LogP) is 3.07. The zero-order valence-corrected chi connectivity index (χ0v) is 11.2. The van der Waals surface area contributed by atoms with Crippen LogP contribution in [0.5, 0.6) is 0 Å². The Labute approximate surface area is 115 Å². The van der Waals surface area contributed by atoms with E-state index in [1.807, 2.05) is 0 Å². The van der Waals surface area contributed by atoms with Crippen LogP contribution < -0.4 is 5.73 Å². The topological polar surface area (TPSA) is 74.2 Å². The second-order valence-electron chi connectivity index (χ2n) is 4.65. The van der Waals surface area contributed by atoms with Gasteiger partial charge in [0.25, 0.3) is 5.89 Å². The van der Waals surface area contributed by atoms with Crippen molar-refractivity contribution in [1.29, 1.82) is 0 Å². The van der Waals surface area contributed by atoms with Gasteiger partial charge in [0, 0.05) is 7.11 Å². The second kappa shape index (κ2) is 4.83. The van der Waals surface area contributed by atoms with Crippen LogP contribution in [0.2, 0.25) is 5.02 Å². The van der Waals surface area contributed by atoms with Gasteiger partial charge in [-0.05, 0) is 30.9 Å². The SMILES string of the molecule is COC(c1noc(-c2cccc(Cl)c2N)n1)C1CC1. The van der Waals surface area contributed by atoms with Crippen LogP contribution in [-0.2, 0) is 4.74 Å². The lowest BCUT2D eigenvalue weighted by Crippen LogP contribution is -2.05. The third kappa shape index (κ3) is 2.31. The number of para-hydroxylation sites is 1. The molecule has 0 aliphatic heterocycles. The highest BCUT2D eigenvalue weighted by atomic mass is 35.5. The molecule has 1 fully saturated rings. The number of methoxy groups -OCH3 is 1. The summed E-state index contributed by atoms with van der Waals surface area (Å²) in [6.45, 7) is 0. The van der Waals surface area contributed by atoms with Gasteiger partial charge in [0.15, 0.2) is 0 Å². The maximum absolute atomic E-state index is 5.98. The van der Waals surface area contributed by atoms with Crippen LogP contribution in [-0.4, -0.2) is 17.3 Å². The Hall–Kier alpha value is -1.59. The van der Waals surface area contributed by atoms with E-state index in [2.05, 4.69) is 10.1 Å². The van der Waals surface area contributed by atoms with Gasteiger partial charge in [-0.15, -0.1) is 0 Å². The number of nitrogens with zero attached hydrogens (tertiary/aromatic N) is 2. The molecule has 100 valence electrons. The fraction of sp³-hybridized carbons (Fsp3) is 0.385. The highest BCUT2D eigenvalue weighted by Gasteiger charge is 2.35. The minimum absolute atomic E-state index is 0.0992. The van der Waals surface area contributed by atoms with Gasteiger partial charge < -0.3 is 15.0 Å². The first-order chi connectivity index (χ1) is 9.20. The van der Waals surface area contributed by atoms with Crippen molar-refractivity contribution >= 4 is 17.3 Å². The van der Waals surface area contributed by atoms with Crippen molar-refractivity contribution in [3.63, 3.8) is 0 Å². The molecule has 0 bridgehead atoms. The van der Waals surface area contributed by atoms with E-state index in [1.54, 1.807) is 25.3 Å². The Morgan fingerprint density at radius 3 is 2.95 bits per heavy atom. The summed E-state index contributed by atoms with van der Waals surface area (Å²) in [5.74, 6) is 1.43. The zero-order valence-electron chi connectivity index (χ0n) is 10.5. The standard InChI is InChI=1S/C13H14ClN3O2/c1-18-11(7-5-6-7)12-16-13(19-17-12)8-3-2-4-9(14)10(8)15/h2-4,7,11H,5-6,15H2,1H3. The highest BCUT2D eigenvalue weighted by Crippen LogP contribution is 2.42. The van der Waals surface area contributed by atoms with Crippen LogP contribution >= 0.6 is 11.6 Å². The molecule has 1 aromatic heterocycles. The van der Waals surface area contributed by atoms with E-state index in [4.69, 9.17) is 26.6 Å². The molecular weight excluding hydrogens is 266 g/mol. The highest BCUT2D eigenvalue weighted by molar-refractivity contribution is 6.33. The van der Waals surface area contributed by atoms with Crippen LogP contribution in [0.15, 0.2) is 22.7 Å². The quantitative estimate of drug-likeness (QED) is 0.871. The summed E-state index contributed by atoms with van der Waals surface area (Å²) >= 11 is 5.98. The molecule has 0 amide bonds. The average Bonchev–Trinajstić information content (AvgIpc) is 3.12. The lowest BCUT2D eigenvalue weighted by atomic mass is 10.2. The number of aromatic nitrogens is 2. The molecule has 2 N–H and O–H groups in total. The second-order valence-corrected chi connectivity index (χ2v) is 5.06. The molecule has 1 aliphatic carbocycles. The number of hydrogen-bond acceptors (Lipinski definition) is 5. The zero-order chi connectivity index (χ0) is 13.4. The summed E-state index contributed by atoms with van der Waals surface area (Å²) in [6.07, 6.45) is 2.18. The Kier molecular flexibility index (Phi) is 3.16. The number of nitrogen functional groups attached to an aromatic ring is 1. The Morgan fingerprint density at radius 1 is 1.47 bits per heavy atom. The molecule has 6 heteroatoms. The molecule has 0 radical (unpaired) electrons. The van der Waals surface area contributed by atoms with Gasteiger partial charge in [-0.2, -0.15) is 4.98 Å². The fourth-order valence-electron chi connectivity index (χ4n) is 2.09. The lowest BCUT2D eigenvalue weighted by Gasteiger charge is -2.08. The summed E-state index contributed by atoms with van der Waals surface area (Å²) in [6, 6.07) is 5.32. The van der Waals surface area contributed by atoms with E-state index in [-0.39, 0.29) is 6.10 Å². The first-order valence-electron chi connectivity index (χ1n) is 6.11. The van der Waals surface area contributed by atoms with Gasteiger partial charge >= 0.3 is 0 Å². The van der Waals surface area contributed by atoms with Crippen LogP contribution in [0.4, 0.5) is 5.69 Å². The van der Waals surface area contributed by atoms with Crippen molar-refractivity contribution in [2.75, 3.05) is 12.8 Å². The summed E-state index contributed by atoms with van der Waals surface area (Å²) in [4.78, 5) is 4.37. The van der Waals surface area contributed by atoms with Crippen molar-refractivity contribution in [2.45, 2.75) is 18.9 Å². The molecule has 1 heterocycles. The molecule has 1 saturated carbocycles. The summed E-state index contributed by atoms with van der Waals surface area (Å²) in [5, 5.41) is 4.46. The van der Waals surface area contributed by atoms with Crippen molar-refractivity contribution in [1.82, 2.24) is 10.1 Å². The van der Waals surface area contributed by atoms with Crippen molar-refractivity contribution in [2.24, 2.45) is 5.92 Å². The Bertz CT molecular complexity index is 595. The number of rotatable bonds is 4. The largest absolute Gasteiger partial charge is 0.397 e. The summed E-state index contributed by atoms with van der Waals surface area (Å²) < 4.78 is 10.7. The smallest absolute Gasteiger partial charge is 0.260 e. The van der Waals surface area contributed by atoms with Crippen molar-refractivity contribution in [3.8, 4) is 11.5 Å².